The lowest BCUT2D eigenvalue weighted by Gasteiger charge is -2.05. The van der Waals surface area contributed by atoms with E-state index in [4.69, 9.17) is 4.74 Å². The van der Waals surface area contributed by atoms with Gasteiger partial charge in [0.15, 0.2) is 0 Å². The first-order valence-electron chi connectivity index (χ1n) is 5.52. The third kappa shape index (κ3) is 3.81. The molecule has 1 aromatic heterocycles. The van der Waals surface area contributed by atoms with Crippen LogP contribution in [0.5, 0.6) is 5.75 Å². The summed E-state index contributed by atoms with van der Waals surface area (Å²) < 4.78 is 5.43. The third-order valence-corrected chi connectivity index (χ3v) is 2.87. The summed E-state index contributed by atoms with van der Waals surface area (Å²) in [6, 6.07) is 9.40. The van der Waals surface area contributed by atoms with Gasteiger partial charge in [-0.05, 0) is 19.1 Å². The minimum absolute atomic E-state index is 0.123. The van der Waals surface area contributed by atoms with Crippen LogP contribution in [0.1, 0.15) is 11.4 Å². The Bertz CT molecular complexity index is 513. The van der Waals surface area contributed by atoms with Gasteiger partial charge in [-0.15, -0.1) is 10.2 Å². The average molecular weight is 263 g/mol. The van der Waals surface area contributed by atoms with Crippen LogP contribution >= 0.6 is 11.3 Å². The Morgan fingerprint density at radius 1 is 1.33 bits per heavy atom. The number of aromatic nitrogens is 2. The molecule has 0 saturated heterocycles. The first kappa shape index (κ1) is 12.5. The van der Waals surface area contributed by atoms with Gasteiger partial charge in [0.25, 0.3) is 0 Å². The molecule has 94 valence electrons. The number of nitrogens with zero attached hydrogens (tertiary/aromatic N) is 2. The van der Waals surface area contributed by atoms with E-state index >= 15 is 0 Å². The van der Waals surface area contributed by atoms with Crippen molar-refractivity contribution in [3.8, 4) is 5.75 Å². The highest BCUT2D eigenvalue weighted by Gasteiger charge is 2.06. The normalized spacial score (nSPS) is 10.1. The van der Waals surface area contributed by atoms with Crippen LogP contribution in [0.3, 0.4) is 0 Å². The molecule has 0 atom stereocenters. The molecule has 2 rings (SSSR count). The van der Waals surface area contributed by atoms with E-state index in [1.54, 1.807) is 0 Å². The molecule has 0 radical (unpaired) electrons. The summed E-state index contributed by atoms with van der Waals surface area (Å²) in [4.78, 5) is 11.6. The second-order valence-corrected chi connectivity index (χ2v) is 4.77. The Morgan fingerprint density at radius 3 is 2.78 bits per heavy atom. The summed E-state index contributed by atoms with van der Waals surface area (Å²) in [7, 11) is 0. The summed E-state index contributed by atoms with van der Waals surface area (Å²) in [5.74, 6) is 0.638. The van der Waals surface area contributed by atoms with Crippen LogP contribution in [0.4, 0.5) is 5.13 Å². The van der Waals surface area contributed by atoms with Crippen LogP contribution in [0.15, 0.2) is 30.3 Å². The molecule has 0 aliphatic heterocycles. The fourth-order valence-corrected chi connectivity index (χ4v) is 1.92. The molecule has 0 spiro atoms. The van der Waals surface area contributed by atoms with E-state index in [0.29, 0.717) is 11.7 Å². The molecule has 0 aliphatic carbocycles. The van der Waals surface area contributed by atoms with E-state index in [0.717, 1.165) is 10.8 Å². The Hall–Kier alpha value is -1.95. The first-order valence-corrected chi connectivity index (χ1v) is 6.33. The van der Waals surface area contributed by atoms with Crippen LogP contribution in [-0.4, -0.2) is 22.7 Å². The number of aryl methyl sites for hydroxylation is 1. The minimum atomic E-state index is -0.123. The fourth-order valence-electron chi connectivity index (χ4n) is 1.31. The van der Waals surface area contributed by atoms with Crippen molar-refractivity contribution < 1.29 is 9.53 Å². The summed E-state index contributed by atoms with van der Waals surface area (Å²) in [6.07, 6.45) is 0.285. The van der Waals surface area contributed by atoms with E-state index in [9.17, 15) is 4.79 Å². The lowest BCUT2D eigenvalue weighted by molar-refractivity contribution is -0.116. The molecule has 0 aliphatic rings. The van der Waals surface area contributed by atoms with Gasteiger partial charge in [-0.2, -0.15) is 0 Å². The van der Waals surface area contributed by atoms with Gasteiger partial charge in [-0.25, -0.2) is 0 Å². The number of ether oxygens (including phenoxy) is 1. The highest BCUT2D eigenvalue weighted by atomic mass is 32.1. The van der Waals surface area contributed by atoms with E-state index < -0.39 is 0 Å². The molecule has 1 amide bonds. The lowest BCUT2D eigenvalue weighted by atomic mass is 10.3. The molecular formula is C12H13N3O2S. The summed E-state index contributed by atoms with van der Waals surface area (Å²) in [5.41, 5.74) is 0. The molecule has 0 unspecified atom stereocenters. The molecular weight excluding hydrogens is 250 g/mol. The zero-order valence-electron chi connectivity index (χ0n) is 9.92. The van der Waals surface area contributed by atoms with Crippen molar-refractivity contribution >= 4 is 22.4 Å². The van der Waals surface area contributed by atoms with E-state index in [-0.39, 0.29) is 12.3 Å². The number of anilines is 1. The topological polar surface area (TPSA) is 64.1 Å². The second kappa shape index (κ2) is 6.11. The molecule has 0 fully saturated rings. The summed E-state index contributed by atoms with van der Waals surface area (Å²) in [6.45, 7) is 2.18. The van der Waals surface area contributed by atoms with Crippen LogP contribution in [0, 0.1) is 6.92 Å². The Kier molecular flexibility index (Phi) is 4.25. The third-order valence-electron chi connectivity index (χ3n) is 2.11. The molecule has 0 bridgehead atoms. The zero-order valence-corrected chi connectivity index (χ0v) is 10.7. The summed E-state index contributed by atoms with van der Waals surface area (Å²) >= 11 is 1.35. The number of carbonyl (C=O) groups is 1. The minimum Gasteiger partial charge on any atom is -0.493 e. The number of rotatable bonds is 5. The van der Waals surface area contributed by atoms with Gasteiger partial charge in [0.1, 0.15) is 10.8 Å². The van der Waals surface area contributed by atoms with E-state index in [1.165, 1.54) is 11.3 Å². The zero-order chi connectivity index (χ0) is 12.8. The highest BCUT2D eigenvalue weighted by molar-refractivity contribution is 7.15. The standard InChI is InChI=1S/C12H13N3O2S/c1-9-14-15-12(18-9)13-11(16)7-8-17-10-5-3-2-4-6-10/h2-6H,7-8H2,1H3,(H,13,15,16). The van der Waals surface area contributed by atoms with Crippen molar-refractivity contribution in [3.63, 3.8) is 0 Å². The molecule has 2 aromatic rings. The van der Waals surface area contributed by atoms with Gasteiger partial charge in [-0.1, -0.05) is 29.5 Å². The largest absolute Gasteiger partial charge is 0.493 e. The van der Waals surface area contributed by atoms with E-state index in [2.05, 4.69) is 15.5 Å². The first-order chi connectivity index (χ1) is 8.74. The van der Waals surface area contributed by atoms with Gasteiger partial charge in [0.05, 0.1) is 13.0 Å². The number of benzene rings is 1. The molecule has 6 heteroatoms. The molecule has 1 heterocycles. The highest BCUT2D eigenvalue weighted by Crippen LogP contribution is 2.14. The quantitative estimate of drug-likeness (QED) is 0.898. The second-order valence-electron chi connectivity index (χ2n) is 3.59. The van der Waals surface area contributed by atoms with Gasteiger partial charge < -0.3 is 10.1 Å². The smallest absolute Gasteiger partial charge is 0.229 e. The average Bonchev–Trinajstić information content (AvgIpc) is 2.76. The predicted octanol–water partition coefficient (Wildman–Crippen LogP) is 2.25. The Labute approximate surface area is 109 Å². The van der Waals surface area contributed by atoms with Gasteiger partial charge in [0.2, 0.25) is 11.0 Å². The van der Waals surface area contributed by atoms with Crippen molar-refractivity contribution in [3.05, 3.63) is 35.3 Å². The van der Waals surface area contributed by atoms with Gasteiger partial charge in [-0.3, -0.25) is 4.79 Å². The van der Waals surface area contributed by atoms with Crippen LogP contribution in [-0.2, 0) is 4.79 Å². The molecule has 5 nitrogen and oxygen atoms in total. The maximum absolute atomic E-state index is 11.6. The number of nitrogens with one attached hydrogen (secondary N) is 1. The lowest BCUT2D eigenvalue weighted by Crippen LogP contribution is -2.15. The SMILES string of the molecule is Cc1nnc(NC(=O)CCOc2ccccc2)s1. The number of hydrogen-bond donors (Lipinski definition) is 1. The van der Waals surface area contributed by atoms with Crippen molar-refractivity contribution in [1.29, 1.82) is 0 Å². The number of amides is 1. The number of hydrogen-bond acceptors (Lipinski definition) is 5. The molecule has 1 aromatic carbocycles. The number of carbonyl (C=O) groups excluding carboxylic acids is 1. The van der Waals surface area contributed by atoms with Gasteiger partial charge in [0, 0.05) is 0 Å². The maximum atomic E-state index is 11.6. The maximum Gasteiger partial charge on any atom is 0.229 e. The van der Waals surface area contributed by atoms with Gasteiger partial charge >= 0.3 is 0 Å². The van der Waals surface area contributed by atoms with Crippen molar-refractivity contribution in [2.24, 2.45) is 0 Å². The Morgan fingerprint density at radius 2 is 2.11 bits per heavy atom. The molecule has 1 N–H and O–H groups in total. The van der Waals surface area contributed by atoms with Crippen LogP contribution in [0.2, 0.25) is 0 Å². The van der Waals surface area contributed by atoms with Crippen LogP contribution < -0.4 is 10.1 Å². The van der Waals surface area contributed by atoms with Crippen molar-refractivity contribution in [2.75, 3.05) is 11.9 Å². The van der Waals surface area contributed by atoms with E-state index in [1.807, 2.05) is 37.3 Å². The Balaban J connectivity index is 1.72. The fraction of sp³-hybridized carbons (Fsp3) is 0.250. The molecule has 0 saturated carbocycles. The summed E-state index contributed by atoms with van der Waals surface area (Å²) in [5, 5.41) is 11.7. The monoisotopic (exact) mass is 263 g/mol. The number of para-hydroxylation sites is 1. The van der Waals surface area contributed by atoms with Crippen molar-refractivity contribution in [2.45, 2.75) is 13.3 Å². The van der Waals surface area contributed by atoms with Crippen molar-refractivity contribution in [1.82, 2.24) is 10.2 Å². The van der Waals surface area contributed by atoms with Crippen LogP contribution in [0.25, 0.3) is 0 Å². The molecule has 18 heavy (non-hydrogen) atoms. The predicted molar refractivity (Wildman–Crippen MR) is 69.8 cm³/mol.